The fourth-order valence-electron chi connectivity index (χ4n) is 5.00. The van der Waals surface area contributed by atoms with E-state index in [1.54, 1.807) is 7.11 Å². The number of hydrogen-bond acceptors (Lipinski definition) is 7. The van der Waals surface area contributed by atoms with Crippen LogP contribution in [0.1, 0.15) is 19.8 Å². The van der Waals surface area contributed by atoms with Crippen molar-refractivity contribution in [3.63, 3.8) is 0 Å². The Morgan fingerprint density at radius 2 is 1.94 bits per heavy atom. The number of carbonyl (C=O) groups excluding carboxylic acids is 1. The van der Waals surface area contributed by atoms with E-state index in [1.165, 1.54) is 0 Å². The predicted molar refractivity (Wildman–Crippen MR) is 146 cm³/mol. The van der Waals surface area contributed by atoms with Crippen molar-refractivity contribution in [2.24, 2.45) is 0 Å². The standard InChI is InChI=1S/C26H34BrN7O2/c1-3-32-10-8-19(9-11-32)29-23-21(27)16-28-26-24(23)30-25(31-26)18-4-6-20(7-5-18)34-13-12-33(14-15-36-2)22(35)17-34/h4-7,16,19H,3,8-15,17H2,1-2H3,(H2,28,29,30,31). The number of piperidine rings is 1. The average Bonchev–Trinajstić information content (AvgIpc) is 3.35. The van der Waals surface area contributed by atoms with E-state index < -0.39 is 0 Å². The lowest BCUT2D eigenvalue weighted by Gasteiger charge is -2.35. The summed E-state index contributed by atoms with van der Waals surface area (Å²) in [5.41, 5.74) is 4.64. The SMILES string of the molecule is CCN1CCC(Nc2c(Br)cnc3[nH]c(-c4ccc(N5CCN(CCOC)C(=O)C5)cc4)nc23)CC1. The van der Waals surface area contributed by atoms with Gasteiger partial charge in [0.05, 0.1) is 23.3 Å². The van der Waals surface area contributed by atoms with Gasteiger partial charge in [0.2, 0.25) is 5.91 Å². The quantitative estimate of drug-likeness (QED) is 0.439. The number of ether oxygens (including phenoxy) is 1. The van der Waals surface area contributed by atoms with E-state index in [1.807, 2.05) is 11.1 Å². The molecule has 0 aliphatic carbocycles. The maximum absolute atomic E-state index is 12.5. The Hall–Kier alpha value is -2.69. The fourth-order valence-corrected chi connectivity index (χ4v) is 5.40. The van der Waals surface area contributed by atoms with Gasteiger partial charge in [-0.25, -0.2) is 9.97 Å². The monoisotopic (exact) mass is 555 g/mol. The molecule has 2 aliphatic heterocycles. The third-order valence-electron chi connectivity index (χ3n) is 7.24. The van der Waals surface area contributed by atoms with Crippen LogP contribution in [0.4, 0.5) is 11.4 Å². The Morgan fingerprint density at radius 3 is 2.64 bits per heavy atom. The number of rotatable bonds is 8. The third-order valence-corrected chi connectivity index (χ3v) is 7.84. The molecule has 0 bridgehead atoms. The van der Waals surface area contributed by atoms with Gasteiger partial charge in [-0.15, -0.1) is 0 Å². The number of aromatic amines is 1. The number of aromatic nitrogens is 3. The minimum atomic E-state index is 0.136. The van der Waals surface area contributed by atoms with E-state index in [0.29, 0.717) is 32.3 Å². The van der Waals surface area contributed by atoms with Crippen LogP contribution in [0.2, 0.25) is 0 Å². The van der Waals surface area contributed by atoms with Gasteiger partial charge in [0.15, 0.2) is 5.65 Å². The molecule has 0 radical (unpaired) electrons. The molecule has 36 heavy (non-hydrogen) atoms. The van der Waals surface area contributed by atoms with E-state index in [4.69, 9.17) is 9.72 Å². The minimum Gasteiger partial charge on any atom is -0.383 e. The second-order valence-corrected chi connectivity index (χ2v) is 10.3. The lowest BCUT2D eigenvalue weighted by Crippen LogP contribution is -2.51. The molecule has 0 spiro atoms. The highest BCUT2D eigenvalue weighted by atomic mass is 79.9. The molecule has 5 rings (SSSR count). The summed E-state index contributed by atoms with van der Waals surface area (Å²) in [5.74, 6) is 0.920. The van der Waals surface area contributed by atoms with E-state index in [9.17, 15) is 4.79 Å². The Bertz CT molecular complexity index is 1190. The molecule has 0 unspecified atom stereocenters. The van der Waals surface area contributed by atoms with Gasteiger partial charge in [0.1, 0.15) is 11.3 Å². The molecule has 192 valence electrons. The summed E-state index contributed by atoms with van der Waals surface area (Å²) in [6.45, 7) is 8.68. The summed E-state index contributed by atoms with van der Waals surface area (Å²) >= 11 is 3.68. The number of halogens is 1. The van der Waals surface area contributed by atoms with Crippen molar-refractivity contribution in [1.82, 2.24) is 24.8 Å². The van der Waals surface area contributed by atoms with Crippen LogP contribution in [0.5, 0.6) is 0 Å². The van der Waals surface area contributed by atoms with Gasteiger partial charge in [-0.2, -0.15) is 0 Å². The first-order valence-corrected chi connectivity index (χ1v) is 13.5. The van der Waals surface area contributed by atoms with Crippen molar-refractivity contribution in [3.05, 3.63) is 34.9 Å². The second kappa shape index (κ2) is 11.1. The third kappa shape index (κ3) is 5.35. The fraction of sp³-hybridized carbons (Fsp3) is 0.500. The average molecular weight is 557 g/mol. The van der Waals surface area contributed by atoms with Crippen LogP contribution >= 0.6 is 15.9 Å². The molecule has 1 amide bonds. The first kappa shape index (κ1) is 25.0. The Kier molecular flexibility index (Phi) is 7.73. The largest absolute Gasteiger partial charge is 0.383 e. The van der Waals surface area contributed by atoms with Crippen molar-refractivity contribution in [3.8, 4) is 11.4 Å². The van der Waals surface area contributed by atoms with Gasteiger partial charge >= 0.3 is 0 Å². The van der Waals surface area contributed by atoms with E-state index >= 15 is 0 Å². The van der Waals surface area contributed by atoms with Gasteiger partial charge in [-0.05, 0) is 59.6 Å². The molecule has 10 heteroatoms. The zero-order valence-electron chi connectivity index (χ0n) is 21.0. The van der Waals surface area contributed by atoms with E-state index in [0.717, 1.165) is 77.4 Å². The maximum Gasteiger partial charge on any atom is 0.242 e. The van der Waals surface area contributed by atoms with Crippen LogP contribution in [0, 0.1) is 0 Å². The molecule has 3 aromatic rings. The minimum absolute atomic E-state index is 0.136. The van der Waals surface area contributed by atoms with Crippen molar-refractivity contribution in [2.45, 2.75) is 25.8 Å². The highest BCUT2D eigenvalue weighted by molar-refractivity contribution is 9.10. The number of anilines is 2. The molecular weight excluding hydrogens is 522 g/mol. The highest BCUT2D eigenvalue weighted by Crippen LogP contribution is 2.33. The lowest BCUT2D eigenvalue weighted by molar-refractivity contribution is -0.131. The number of carbonyl (C=O) groups is 1. The van der Waals surface area contributed by atoms with Gasteiger partial charge in [-0.1, -0.05) is 6.92 Å². The van der Waals surface area contributed by atoms with Gasteiger partial charge in [0.25, 0.3) is 0 Å². The molecule has 2 aliphatic rings. The van der Waals surface area contributed by atoms with Gasteiger partial charge in [-0.3, -0.25) is 4.79 Å². The number of likely N-dealkylation sites (tertiary alicyclic amines) is 1. The predicted octanol–water partition coefficient (Wildman–Crippen LogP) is 3.58. The van der Waals surface area contributed by atoms with Crippen molar-refractivity contribution >= 4 is 44.4 Å². The number of nitrogens with zero attached hydrogens (tertiary/aromatic N) is 5. The van der Waals surface area contributed by atoms with Crippen molar-refractivity contribution in [1.29, 1.82) is 0 Å². The summed E-state index contributed by atoms with van der Waals surface area (Å²) < 4.78 is 6.04. The Morgan fingerprint density at radius 1 is 1.17 bits per heavy atom. The molecule has 2 fully saturated rings. The van der Waals surface area contributed by atoms with Crippen LogP contribution in [-0.2, 0) is 9.53 Å². The number of fused-ring (bicyclic) bond motifs is 1. The lowest BCUT2D eigenvalue weighted by atomic mass is 10.0. The molecule has 4 heterocycles. The van der Waals surface area contributed by atoms with Crippen LogP contribution in [0.15, 0.2) is 34.9 Å². The van der Waals surface area contributed by atoms with Crippen LogP contribution < -0.4 is 10.2 Å². The molecule has 1 aromatic carbocycles. The van der Waals surface area contributed by atoms with Crippen LogP contribution in [-0.4, -0.2) is 96.2 Å². The molecule has 9 nitrogen and oxygen atoms in total. The van der Waals surface area contributed by atoms with Crippen LogP contribution in [0.25, 0.3) is 22.6 Å². The van der Waals surface area contributed by atoms with Crippen molar-refractivity contribution in [2.75, 3.05) is 69.7 Å². The smallest absolute Gasteiger partial charge is 0.242 e. The number of benzene rings is 1. The zero-order chi connectivity index (χ0) is 25.1. The Labute approximate surface area is 220 Å². The maximum atomic E-state index is 12.5. The summed E-state index contributed by atoms with van der Waals surface area (Å²) in [7, 11) is 1.66. The normalized spacial score (nSPS) is 17.8. The van der Waals surface area contributed by atoms with Crippen molar-refractivity contribution < 1.29 is 9.53 Å². The molecule has 2 aromatic heterocycles. The number of nitrogens with one attached hydrogen (secondary N) is 2. The van der Waals surface area contributed by atoms with Crippen LogP contribution in [0.3, 0.4) is 0 Å². The molecule has 2 N–H and O–H groups in total. The number of piperazine rings is 1. The van der Waals surface area contributed by atoms with Gasteiger partial charge in [0, 0.05) is 63.3 Å². The summed E-state index contributed by atoms with van der Waals surface area (Å²) in [4.78, 5) is 31.9. The highest BCUT2D eigenvalue weighted by Gasteiger charge is 2.24. The Balaban J connectivity index is 1.30. The zero-order valence-corrected chi connectivity index (χ0v) is 22.6. The molecule has 0 saturated carbocycles. The number of imidazole rings is 1. The number of methoxy groups -OCH3 is 1. The van der Waals surface area contributed by atoms with E-state index in [-0.39, 0.29) is 5.91 Å². The second-order valence-electron chi connectivity index (χ2n) is 9.46. The summed E-state index contributed by atoms with van der Waals surface area (Å²) in [6, 6.07) is 8.65. The number of pyridine rings is 1. The van der Waals surface area contributed by atoms with E-state index in [2.05, 4.69) is 72.2 Å². The number of H-pyrrole nitrogens is 1. The first-order valence-electron chi connectivity index (χ1n) is 12.7. The topological polar surface area (TPSA) is 89.6 Å². The summed E-state index contributed by atoms with van der Waals surface area (Å²) in [6.07, 6.45) is 4.07. The molecule has 2 saturated heterocycles. The van der Waals surface area contributed by atoms with Gasteiger partial charge < -0.3 is 29.7 Å². The number of amides is 1. The molecular formula is C26H34BrN7O2. The first-order chi connectivity index (χ1) is 17.6. The number of hydrogen-bond donors (Lipinski definition) is 2. The molecule has 0 atom stereocenters. The summed E-state index contributed by atoms with van der Waals surface area (Å²) in [5, 5.41) is 3.73.